The topological polar surface area (TPSA) is 105 Å². The van der Waals surface area contributed by atoms with Gasteiger partial charge in [-0.05, 0) is 36.8 Å². The fourth-order valence-electron chi connectivity index (χ4n) is 3.90. The number of nitrogens with two attached hydrogens (primary N) is 1. The molecule has 0 aliphatic carbocycles. The SMILES string of the molecule is NC(=O)c1cncc(NC(=O)C(=O)N2C[C@H](CC(F)(F)F)CCC2Cc2ccccc2)c1. The number of nitrogens with one attached hydrogen (secondary N) is 1. The van der Waals surface area contributed by atoms with E-state index < -0.39 is 42.3 Å². The largest absolute Gasteiger partial charge is 0.389 e. The molecule has 0 bridgehead atoms. The minimum absolute atomic E-state index is 0.0421. The van der Waals surface area contributed by atoms with Crippen LogP contribution in [-0.2, 0) is 16.0 Å². The Morgan fingerprint density at radius 2 is 1.84 bits per heavy atom. The number of aromatic nitrogens is 1. The fraction of sp³-hybridized carbons (Fsp3) is 0.364. The van der Waals surface area contributed by atoms with Crippen molar-refractivity contribution in [3.05, 3.63) is 59.9 Å². The zero-order valence-corrected chi connectivity index (χ0v) is 17.1. The Morgan fingerprint density at radius 1 is 1.12 bits per heavy atom. The molecule has 1 aliphatic heterocycles. The summed E-state index contributed by atoms with van der Waals surface area (Å²) in [6, 6.07) is 10.1. The summed E-state index contributed by atoms with van der Waals surface area (Å²) < 4.78 is 38.8. The van der Waals surface area contributed by atoms with Crippen molar-refractivity contribution in [3.63, 3.8) is 0 Å². The van der Waals surface area contributed by atoms with E-state index in [0.29, 0.717) is 19.3 Å². The number of halogens is 3. The lowest BCUT2D eigenvalue weighted by molar-refractivity contribution is -0.157. The summed E-state index contributed by atoms with van der Waals surface area (Å²) in [5.41, 5.74) is 6.24. The van der Waals surface area contributed by atoms with E-state index in [1.165, 1.54) is 23.4 Å². The van der Waals surface area contributed by atoms with Crippen LogP contribution in [0.5, 0.6) is 0 Å². The molecule has 2 aromatic rings. The number of nitrogens with zero attached hydrogens (tertiary/aromatic N) is 2. The molecule has 1 aromatic carbocycles. The Balaban J connectivity index is 1.77. The molecule has 3 rings (SSSR count). The van der Waals surface area contributed by atoms with Gasteiger partial charge in [0.1, 0.15) is 0 Å². The molecule has 1 fully saturated rings. The number of piperidine rings is 1. The molecule has 32 heavy (non-hydrogen) atoms. The van der Waals surface area contributed by atoms with Gasteiger partial charge in [-0.3, -0.25) is 19.4 Å². The normalized spacial score (nSPS) is 18.8. The van der Waals surface area contributed by atoms with Crippen LogP contribution in [0.3, 0.4) is 0 Å². The first-order valence-corrected chi connectivity index (χ1v) is 10.1. The maximum absolute atomic E-state index is 13.0. The molecule has 0 spiro atoms. The van der Waals surface area contributed by atoms with E-state index in [-0.39, 0.29) is 17.8 Å². The van der Waals surface area contributed by atoms with Crippen molar-refractivity contribution in [2.75, 3.05) is 11.9 Å². The Hall–Kier alpha value is -3.43. The first-order valence-electron chi connectivity index (χ1n) is 10.1. The van der Waals surface area contributed by atoms with Crippen LogP contribution in [0.2, 0.25) is 0 Å². The molecule has 1 aromatic heterocycles. The van der Waals surface area contributed by atoms with Gasteiger partial charge in [-0.25, -0.2) is 0 Å². The van der Waals surface area contributed by atoms with Crippen molar-refractivity contribution in [1.82, 2.24) is 9.88 Å². The third-order valence-electron chi connectivity index (χ3n) is 5.37. The maximum atomic E-state index is 13.0. The van der Waals surface area contributed by atoms with E-state index in [4.69, 9.17) is 5.73 Å². The lowest BCUT2D eigenvalue weighted by Gasteiger charge is -2.39. The first kappa shape index (κ1) is 23.2. The summed E-state index contributed by atoms with van der Waals surface area (Å²) in [5, 5.41) is 2.36. The zero-order valence-electron chi connectivity index (χ0n) is 17.1. The average molecular weight is 448 g/mol. The molecule has 1 aliphatic rings. The lowest BCUT2D eigenvalue weighted by Crippen LogP contribution is -2.52. The Morgan fingerprint density at radius 3 is 2.50 bits per heavy atom. The number of hydrogen-bond donors (Lipinski definition) is 2. The second-order valence-electron chi connectivity index (χ2n) is 7.84. The number of likely N-dealkylation sites (tertiary alicyclic amines) is 1. The molecule has 3 N–H and O–H groups in total. The number of amides is 3. The summed E-state index contributed by atoms with van der Waals surface area (Å²) in [5.74, 6) is -3.48. The van der Waals surface area contributed by atoms with Crippen LogP contribution in [0.25, 0.3) is 0 Å². The Bertz CT molecular complexity index is 982. The second-order valence-corrected chi connectivity index (χ2v) is 7.84. The van der Waals surface area contributed by atoms with Crippen LogP contribution in [0.15, 0.2) is 48.8 Å². The number of hydrogen-bond acceptors (Lipinski definition) is 4. The second kappa shape index (κ2) is 9.80. The summed E-state index contributed by atoms with van der Waals surface area (Å²) in [4.78, 5) is 41.9. The molecule has 0 saturated carbocycles. The van der Waals surface area contributed by atoms with E-state index in [0.717, 1.165) is 5.56 Å². The maximum Gasteiger partial charge on any atom is 0.389 e. The van der Waals surface area contributed by atoms with Crippen molar-refractivity contribution >= 4 is 23.4 Å². The van der Waals surface area contributed by atoms with E-state index in [1.54, 1.807) is 0 Å². The summed E-state index contributed by atoms with van der Waals surface area (Å²) >= 11 is 0. The van der Waals surface area contributed by atoms with Crippen LogP contribution in [-0.4, -0.2) is 46.4 Å². The van der Waals surface area contributed by atoms with E-state index in [1.807, 2.05) is 30.3 Å². The first-order chi connectivity index (χ1) is 15.1. The fourth-order valence-corrected chi connectivity index (χ4v) is 3.90. The smallest absolute Gasteiger partial charge is 0.366 e. The van der Waals surface area contributed by atoms with Gasteiger partial charge in [0.15, 0.2) is 0 Å². The standard InChI is InChI=1S/C22H23F3N4O3/c23-22(24,25)10-15-6-7-18(8-14-4-2-1-3-5-14)29(13-15)21(32)20(31)28-17-9-16(19(26)30)11-27-12-17/h1-5,9,11-12,15,18H,6-8,10,13H2,(H2,26,30)(H,28,31)/t15-,18?/m0/s1. The molecular formula is C22H23F3N4O3. The van der Waals surface area contributed by atoms with Gasteiger partial charge < -0.3 is 16.0 Å². The molecule has 170 valence electrons. The van der Waals surface area contributed by atoms with Gasteiger partial charge in [-0.15, -0.1) is 0 Å². The number of carbonyl (C=O) groups is 3. The highest BCUT2D eigenvalue weighted by Crippen LogP contribution is 2.33. The van der Waals surface area contributed by atoms with E-state index >= 15 is 0 Å². The molecule has 0 radical (unpaired) electrons. The van der Waals surface area contributed by atoms with Crippen molar-refractivity contribution in [2.45, 2.75) is 37.9 Å². The van der Waals surface area contributed by atoms with Crippen LogP contribution in [0.1, 0.15) is 35.2 Å². The predicted molar refractivity (Wildman–Crippen MR) is 110 cm³/mol. The highest BCUT2D eigenvalue weighted by molar-refractivity contribution is 6.39. The van der Waals surface area contributed by atoms with Crippen LogP contribution >= 0.6 is 0 Å². The lowest BCUT2D eigenvalue weighted by atomic mass is 9.87. The molecule has 7 nitrogen and oxygen atoms in total. The highest BCUT2D eigenvalue weighted by Gasteiger charge is 2.39. The zero-order chi connectivity index (χ0) is 23.3. The molecular weight excluding hydrogens is 425 g/mol. The number of benzene rings is 1. The van der Waals surface area contributed by atoms with Gasteiger partial charge >= 0.3 is 18.0 Å². The number of primary amides is 1. The van der Waals surface area contributed by atoms with Crippen molar-refractivity contribution < 1.29 is 27.6 Å². The summed E-state index contributed by atoms with van der Waals surface area (Å²) in [6.07, 6.45) is -1.82. The van der Waals surface area contributed by atoms with Crippen molar-refractivity contribution in [1.29, 1.82) is 0 Å². The molecule has 2 atom stereocenters. The van der Waals surface area contributed by atoms with Gasteiger partial charge in [0.2, 0.25) is 5.91 Å². The minimum Gasteiger partial charge on any atom is -0.366 e. The Labute approximate surface area is 182 Å². The monoisotopic (exact) mass is 448 g/mol. The number of pyridine rings is 1. The van der Waals surface area contributed by atoms with Crippen LogP contribution in [0.4, 0.5) is 18.9 Å². The van der Waals surface area contributed by atoms with Gasteiger partial charge in [0.05, 0.1) is 17.4 Å². The van der Waals surface area contributed by atoms with Gasteiger partial charge in [-0.2, -0.15) is 13.2 Å². The summed E-state index contributed by atoms with van der Waals surface area (Å²) in [7, 11) is 0. The average Bonchev–Trinajstić information content (AvgIpc) is 2.74. The van der Waals surface area contributed by atoms with Gasteiger partial charge in [0, 0.05) is 25.2 Å². The molecule has 2 heterocycles. The number of rotatable bonds is 5. The van der Waals surface area contributed by atoms with E-state index in [2.05, 4.69) is 10.3 Å². The minimum atomic E-state index is -4.35. The summed E-state index contributed by atoms with van der Waals surface area (Å²) in [6.45, 7) is -0.164. The van der Waals surface area contributed by atoms with Gasteiger partial charge in [-0.1, -0.05) is 30.3 Å². The number of anilines is 1. The molecule has 10 heteroatoms. The van der Waals surface area contributed by atoms with Crippen LogP contribution in [0, 0.1) is 5.92 Å². The third kappa shape index (κ3) is 6.29. The Kier molecular flexibility index (Phi) is 7.12. The predicted octanol–water partition coefficient (Wildman–Crippen LogP) is 2.92. The molecule has 3 amide bonds. The number of carbonyl (C=O) groups excluding carboxylic acids is 3. The molecule has 1 unspecified atom stereocenters. The molecule has 1 saturated heterocycles. The quantitative estimate of drug-likeness (QED) is 0.686. The van der Waals surface area contributed by atoms with Crippen LogP contribution < -0.4 is 11.1 Å². The van der Waals surface area contributed by atoms with Gasteiger partial charge in [0.25, 0.3) is 0 Å². The van der Waals surface area contributed by atoms with Crippen molar-refractivity contribution in [2.24, 2.45) is 11.7 Å². The van der Waals surface area contributed by atoms with Crippen molar-refractivity contribution in [3.8, 4) is 0 Å². The van der Waals surface area contributed by atoms with E-state index in [9.17, 15) is 27.6 Å². The third-order valence-corrected chi connectivity index (χ3v) is 5.37. The number of alkyl halides is 3. The highest BCUT2D eigenvalue weighted by atomic mass is 19.4.